The van der Waals surface area contributed by atoms with Crippen LogP contribution < -0.4 is 4.74 Å². The summed E-state index contributed by atoms with van der Waals surface area (Å²) in [6, 6.07) is 4.41. The van der Waals surface area contributed by atoms with Crippen molar-refractivity contribution in [2.75, 3.05) is 19.7 Å². The summed E-state index contributed by atoms with van der Waals surface area (Å²) in [5, 5.41) is 9.39. The molecule has 0 spiro atoms. The molecule has 0 aliphatic carbocycles. The average Bonchev–Trinajstić information content (AvgIpc) is 2.49. The molecule has 0 unspecified atom stereocenters. The lowest BCUT2D eigenvalue weighted by molar-refractivity contribution is -0.142. The van der Waals surface area contributed by atoms with Crippen molar-refractivity contribution >= 4 is 27.6 Å². The Labute approximate surface area is 134 Å². The second kappa shape index (κ2) is 6.85. The van der Waals surface area contributed by atoms with Crippen LogP contribution in [0.5, 0.6) is 5.75 Å². The Bertz CT molecular complexity index is 661. The largest absolute Gasteiger partial charge is 0.492 e. The smallest absolute Gasteiger partial charge is 0.307 e. The number of carboxylic acid groups (broad SMARTS) is 1. The fourth-order valence-corrected chi connectivity index (χ4v) is 4.38. The number of rotatable bonds is 5. The lowest BCUT2D eigenvalue weighted by Gasteiger charge is -2.30. The number of hydrogen-bond donors (Lipinski definition) is 1. The molecule has 0 bridgehead atoms. The van der Waals surface area contributed by atoms with Gasteiger partial charge < -0.3 is 9.84 Å². The third-order valence-corrected chi connectivity index (χ3v) is 5.68. The molecule has 6 nitrogen and oxygen atoms in total. The molecular formula is C14H18ClNO5S. The standard InChI is InChI=1S/C14H18ClNO5S/c1-2-21-12-6-5-11(15)8-13(12)22(19,20)16-7-3-4-10(9-16)14(17)18/h5-6,8,10H,2-4,7,9H2,1H3,(H,17,18)/t10-/m1/s1. The van der Waals surface area contributed by atoms with E-state index in [1.807, 2.05) is 0 Å². The second-order valence-electron chi connectivity index (χ2n) is 5.06. The summed E-state index contributed by atoms with van der Waals surface area (Å²) >= 11 is 5.91. The van der Waals surface area contributed by atoms with E-state index in [9.17, 15) is 13.2 Å². The zero-order valence-corrected chi connectivity index (χ0v) is 13.7. The monoisotopic (exact) mass is 347 g/mol. The first kappa shape index (κ1) is 17.1. The topological polar surface area (TPSA) is 83.9 Å². The highest BCUT2D eigenvalue weighted by molar-refractivity contribution is 7.89. The van der Waals surface area contributed by atoms with Gasteiger partial charge in [0.2, 0.25) is 10.0 Å². The number of piperidine rings is 1. The number of hydrogen-bond acceptors (Lipinski definition) is 4. The van der Waals surface area contributed by atoms with Gasteiger partial charge in [-0.3, -0.25) is 4.79 Å². The summed E-state index contributed by atoms with van der Waals surface area (Å²) in [5.41, 5.74) is 0. The van der Waals surface area contributed by atoms with Crippen LogP contribution in [0.15, 0.2) is 23.1 Å². The van der Waals surface area contributed by atoms with Gasteiger partial charge in [0.25, 0.3) is 0 Å². The molecule has 1 heterocycles. The van der Waals surface area contributed by atoms with Gasteiger partial charge in [0.15, 0.2) is 0 Å². The molecule has 1 aromatic carbocycles. The van der Waals surface area contributed by atoms with Crippen molar-refractivity contribution in [2.24, 2.45) is 5.92 Å². The maximum atomic E-state index is 12.8. The molecular weight excluding hydrogens is 330 g/mol. The molecule has 122 valence electrons. The van der Waals surface area contributed by atoms with Crippen LogP contribution in [0.4, 0.5) is 0 Å². The van der Waals surface area contributed by atoms with E-state index in [0.29, 0.717) is 26.0 Å². The van der Waals surface area contributed by atoms with Crippen LogP contribution in [-0.4, -0.2) is 43.5 Å². The van der Waals surface area contributed by atoms with Gasteiger partial charge in [-0.15, -0.1) is 0 Å². The average molecular weight is 348 g/mol. The molecule has 1 aromatic rings. The third kappa shape index (κ3) is 3.53. The summed E-state index contributed by atoms with van der Waals surface area (Å²) < 4.78 is 32.2. The Morgan fingerprint density at radius 1 is 1.50 bits per heavy atom. The zero-order chi connectivity index (χ0) is 16.3. The number of carbonyl (C=O) groups is 1. The van der Waals surface area contributed by atoms with Gasteiger partial charge in [-0.1, -0.05) is 11.6 Å². The first-order chi connectivity index (χ1) is 10.4. The van der Waals surface area contributed by atoms with E-state index >= 15 is 0 Å². The molecule has 2 rings (SSSR count). The quantitative estimate of drug-likeness (QED) is 0.882. The molecule has 0 amide bonds. The van der Waals surface area contributed by atoms with Gasteiger partial charge >= 0.3 is 5.97 Å². The predicted octanol–water partition coefficient (Wildman–Crippen LogP) is 2.22. The van der Waals surface area contributed by atoms with E-state index in [0.717, 1.165) is 0 Å². The molecule has 1 aliphatic heterocycles. The normalized spacial score (nSPS) is 19.8. The fourth-order valence-electron chi connectivity index (χ4n) is 2.46. The first-order valence-electron chi connectivity index (χ1n) is 7.01. The summed E-state index contributed by atoms with van der Waals surface area (Å²) in [6.45, 7) is 2.34. The van der Waals surface area contributed by atoms with Gasteiger partial charge in [-0.2, -0.15) is 4.31 Å². The number of halogens is 1. The van der Waals surface area contributed by atoms with Gasteiger partial charge in [0.05, 0.1) is 12.5 Å². The maximum absolute atomic E-state index is 12.8. The van der Waals surface area contributed by atoms with Crippen LogP contribution in [0, 0.1) is 5.92 Å². The highest BCUT2D eigenvalue weighted by Crippen LogP contribution is 2.32. The molecule has 0 radical (unpaired) electrons. The molecule has 1 N–H and O–H groups in total. The van der Waals surface area contributed by atoms with Crippen LogP contribution in [0.25, 0.3) is 0 Å². The molecule has 8 heteroatoms. The van der Waals surface area contributed by atoms with E-state index in [1.165, 1.54) is 16.4 Å². The van der Waals surface area contributed by atoms with Crippen molar-refractivity contribution < 1.29 is 23.1 Å². The van der Waals surface area contributed by atoms with Crippen molar-refractivity contribution in [1.29, 1.82) is 0 Å². The van der Waals surface area contributed by atoms with Crippen molar-refractivity contribution in [3.63, 3.8) is 0 Å². The Hall–Kier alpha value is -1.31. The molecule has 1 aliphatic rings. The van der Waals surface area contributed by atoms with Crippen molar-refractivity contribution in [3.8, 4) is 5.75 Å². The molecule has 1 saturated heterocycles. The predicted molar refractivity (Wildman–Crippen MR) is 81.7 cm³/mol. The number of ether oxygens (including phenoxy) is 1. The van der Waals surface area contributed by atoms with Gasteiger partial charge in [-0.05, 0) is 38.0 Å². The summed E-state index contributed by atoms with van der Waals surface area (Å²) in [5.74, 6) is -1.43. The Kier molecular flexibility index (Phi) is 5.31. The van der Waals surface area contributed by atoms with E-state index in [-0.39, 0.29) is 22.2 Å². The van der Waals surface area contributed by atoms with E-state index in [1.54, 1.807) is 13.0 Å². The molecule has 22 heavy (non-hydrogen) atoms. The fraction of sp³-hybridized carbons (Fsp3) is 0.500. The SMILES string of the molecule is CCOc1ccc(Cl)cc1S(=O)(=O)N1CCC[C@@H](C(=O)O)C1. The van der Waals surface area contributed by atoms with Crippen LogP contribution in [-0.2, 0) is 14.8 Å². The molecule has 1 atom stereocenters. The van der Waals surface area contributed by atoms with Crippen molar-refractivity contribution in [3.05, 3.63) is 23.2 Å². The van der Waals surface area contributed by atoms with Crippen LogP contribution >= 0.6 is 11.6 Å². The number of sulfonamides is 1. The first-order valence-corrected chi connectivity index (χ1v) is 8.83. The summed E-state index contributed by atoms with van der Waals surface area (Å²) in [6.07, 6.45) is 0.996. The maximum Gasteiger partial charge on any atom is 0.307 e. The number of carboxylic acids is 1. The van der Waals surface area contributed by atoms with Crippen LogP contribution in [0.3, 0.4) is 0 Å². The Balaban J connectivity index is 2.37. The van der Waals surface area contributed by atoms with E-state index in [4.69, 9.17) is 21.4 Å². The Morgan fingerprint density at radius 3 is 2.86 bits per heavy atom. The third-order valence-electron chi connectivity index (χ3n) is 3.56. The zero-order valence-electron chi connectivity index (χ0n) is 12.2. The van der Waals surface area contributed by atoms with E-state index in [2.05, 4.69) is 0 Å². The lowest BCUT2D eigenvalue weighted by atomic mass is 10.0. The summed E-state index contributed by atoms with van der Waals surface area (Å²) in [7, 11) is -3.84. The van der Waals surface area contributed by atoms with Crippen molar-refractivity contribution in [1.82, 2.24) is 4.31 Å². The minimum Gasteiger partial charge on any atom is -0.492 e. The van der Waals surface area contributed by atoms with Crippen molar-refractivity contribution in [2.45, 2.75) is 24.7 Å². The van der Waals surface area contributed by atoms with Gasteiger partial charge in [-0.25, -0.2) is 8.42 Å². The molecule has 1 fully saturated rings. The van der Waals surface area contributed by atoms with Gasteiger partial charge in [0, 0.05) is 18.1 Å². The van der Waals surface area contributed by atoms with E-state index < -0.39 is 21.9 Å². The second-order valence-corrected chi connectivity index (χ2v) is 7.41. The number of nitrogens with zero attached hydrogens (tertiary/aromatic N) is 1. The highest BCUT2D eigenvalue weighted by Gasteiger charge is 2.34. The number of benzene rings is 1. The summed E-state index contributed by atoms with van der Waals surface area (Å²) in [4.78, 5) is 11.1. The van der Waals surface area contributed by atoms with Crippen LogP contribution in [0.2, 0.25) is 5.02 Å². The minimum atomic E-state index is -3.84. The number of aliphatic carboxylic acids is 1. The highest BCUT2D eigenvalue weighted by atomic mass is 35.5. The lowest BCUT2D eigenvalue weighted by Crippen LogP contribution is -2.42. The molecule has 0 aromatic heterocycles. The Morgan fingerprint density at radius 2 is 2.23 bits per heavy atom. The minimum absolute atomic E-state index is 0.0205. The van der Waals surface area contributed by atoms with Crippen LogP contribution in [0.1, 0.15) is 19.8 Å². The molecule has 0 saturated carbocycles. The van der Waals surface area contributed by atoms with Gasteiger partial charge in [0.1, 0.15) is 10.6 Å².